The van der Waals surface area contributed by atoms with Crippen LogP contribution >= 0.6 is 0 Å². The van der Waals surface area contributed by atoms with Gasteiger partial charge in [-0.3, -0.25) is 9.69 Å². The molecule has 1 saturated heterocycles. The number of likely N-dealkylation sites (tertiary alicyclic amines) is 1. The molecular weight excluding hydrogens is 570 g/mol. The number of hydrogen-bond acceptors (Lipinski definition) is 7. The molecule has 15 heteroatoms. The predicted molar refractivity (Wildman–Crippen MR) is 136 cm³/mol. The van der Waals surface area contributed by atoms with Crippen LogP contribution in [-0.2, 0) is 25.4 Å². The maximum absolute atomic E-state index is 13.2. The van der Waals surface area contributed by atoms with Gasteiger partial charge in [-0.1, -0.05) is 0 Å². The van der Waals surface area contributed by atoms with Gasteiger partial charge in [0.2, 0.25) is 5.95 Å². The summed E-state index contributed by atoms with van der Waals surface area (Å²) < 4.78 is 79.3. The Kier molecular flexibility index (Phi) is 7.55. The number of piperidine rings is 1. The molecule has 2 aliphatic rings. The van der Waals surface area contributed by atoms with Crippen molar-refractivity contribution in [2.75, 3.05) is 11.9 Å². The number of aromatic carboxylic acids is 1. The molecular formula is C27H24F6N6O3. The van der Waals surface area contributed by atoms with Crippen LogP contribution in [0.1, 0.15) is 63.0 Å². The molecule has 1 aromatic carbocycles. The number of benzene rings is 1. The number of amides is 1. The van der Waals surface area contributed by atoms with E-state index < -0.39 is 35.1 Å². The van der Waals surface area contributed by atoms with Crippen LogP contribution in [0.4, 0.5) is 38.0 Å². The lowest BCUT2D eigenvalue weighted by molar-refractivity contribution is -0.143. The molecule has 222 valence electrons. The van der Waals surface area contributed by atoms with Crippen molar-refractivity contribution < 1.29 is 41.0 Å². The Balaban J connectivity index is 1.26. The van der Waals surface area contributed by atoms with Crippen LogP contribution in [-0.4, -0.2) is 60.4 Å². The average Bonchev–Trinajstić information content (AvgIpc) is 3.35. The maximum Gasteiger partial charge on any atom is 0.416 e. The van der Waals surface area contributed by atoms with E-state index in [4.69, 9.17) is 5.11 Å². The number of rotatable bonds is 5. The molecule has 0 bridgehead atoms. The Morgan fingerprint density at radius 1 is 1.00 bits per heavy atom. The number of alkyl halides is 6. The molecule has 0 spiro atoms. The number of anilines is 2. The molecule has 2 aromatic heterocycles. The van der Waals surface area contributed by atoms with Crippen molar-refractivity contribution in [2.24, 2.45) is 0 Å². The van der Waals surface area contributed by atoms with E-state index >= 15 is 0 Å². The van der Waals surface area contributed by atoms with E-state index in [1.165, 1.54) is 24.5 Å². The van der Waals surface area contributed by atoms with E-state index in [2.05, 4.69) is 25.2 Å². The number of carboxylic acid groups (broad SMARTS) is 1. The van der Waals surface area contributed by atoms with Gasteiger partial charge in [-0.2, -0.15) is 26.3 Å². The number of nitrogens with one attached hydrogen (secondary N) is 1. The largest absolute Gasteiger partial charge is 0.477 e. The first-order valence-electron chi connectivity index (χ1n) is 12.8. The highest BCUT2D eigenvalue weighted by molar-refractivity contribution is 5.96. The van der Waals surface area contributed by atoms with Crippen LogP contribution < -0.4 is 5.32 Å². The summed E-state index contributed by atoms with van der Waals surface area (Å²) in [5.74, 6) is -1.65. The Morgan fingerprint density at radius 3 is 2.31 bits per heavy atom. The van der Waals surface area contributed by atoms with E-state index in [0.717, 1.165) is 5.56 Å². The summed E-state index contributed by atoms with van der Waals surface area (Å²) in [6.07, 6.45) is -5.93. The lowest BCUT2D eigenvalue weighted by Gasteiger charge is -2.41. The third-order valence-electron chi connectivity index (χ3n) is 7.38. The molecule has 9 nitrogen and oxygen atoms in total. The highest BCUT2D eigenvalue weighted by atomic mass is 19.4. The van der Waals surface area contributed by atoms with Crippen molar-refractivity contribution in [2.45, 2.75) is 57.3 Å². The molecule has 42 heavy (non-hydrogen) atoms. The first-order chi connectivity index (χ1) is 19.7. The highest BCUT2D eigenvalue weighted by Gasteiger charge is 2.38. The summed E-state index contributed by atoms with van der Waals surface area (Å²) >= 11 is 0. The normalized spacial score (nSPS) is 19.5. The van der Waals surface area contributed by atoms with E-state index in [-0.39, 0.29) is 41.3 Å². The van der Waals surface area contributed by atoms with Crippen molar-refractivity contribution in [3.63, 3.8) is 0 Å². The lowest BCUT2D eigenvalue weighted by atomic mass is 9.96. The molecule has 5 rings (SSSR count). The zero-order valence-electron chi connectivity index (χ0n) is 22.0. The summed E-state index contributed by atoms with van der Waals surface area (Å²) in [6, 6.07) is 3.82. The fourth-order valence-corrected chi connectivity index (χ4v) is 5.28. The summed E-state index contributed by atoms with van der Waals surface area (Å²) in [7, 11) is 0. The molecule has 4 heterocycles. The minimum atomic E-state index is -4.98. The summed E-state index contributed by atoms with van der Waals surface area (Å²) in [6.45, 7) is 3.21. The van der Waals surface area contributed by atoms with Gasteiger partial charge in [0, 0.05) is 60.9 Å². The second-order valence-corrected chi connectivity index (χ2v) is 10.3. The number of hydrogen-bond donors (Lipinski definition) is 2. The number of pyridine rings is 1. The molecule has 0 aliphatic carbocycles. The third kappa shape index (κ3) is 6.15. The number of nitrogens with zero attached hydrogens (tertiary/aromatic N) is 5. The number of fused-ring (bicyclic) bond motifs is 1. The Hall–Kier alpha value is -4.27. The second-order valence-electron chi connectivity index (χ2n) is 10.3. The van der Waals surface area contributed by atoms with Crippen LogP contribution in [0.5, 0.6) is 0 Å². The Labute approximate surface area is 235 Å². The van der Waals surface area contributed by atoms with Gasteiger partial charge in [0.1, 0.15) is 5.69 Å². The first-order valence-corrected chi connectivity index (χ1v) is 12.8. The minimum absolute atomic E-state index is 0.0524. The van der Waals surface area contributed by atoms with Crippen molar-refractivity contribution >= 4 is 23.5 Å². The van der Waals surface area contributed by atoms with Crippen molar-refractivity contribution in [1.29, 1.82) is 0 Å². The van der Waals surface area contributed by atoms with Gasteiger partial charge in [-0.05, 0) is 50.1 Å². The standard InChI is InChI=1S/C27H24F6N6O3/c1-14-6-20(3-5-39(14)23(40)15-2-4-34-21(7-15)24(41)42)38-12-16-11-35-25(37-22(16)13-38)36-19-9-17(26(28,29)30)8-18(10-19)27(31,32)33/h2,4,7-11,14,20H,3,5-6,12-13H2,1H3,(H,41,42)(H,35,36,37)/t14-,20+/m1/s1. The van der Waals surface area contributed by atoms with Crippen molar-refractivity contribution in [3.05, 3.63) is 76.4 Å². The fraction of sp³-hybridized carbons (Fsp3) is 0.370. The first kappa shape index (κ1) is 29.2. The van der Waals surface area contributed by atoms with Crippen LogP contribution in [0.2, 0.25) is 0 Å². The highest BCUT2D eigenvalue weighted by Crippen LogP contribution is 2.38. The molecule has 0 saturated carbocycles. The third-order valence-corrected chi connectivity index (χ3v) is 7.38. The van der Waals surface area contributed by atoms with Crippen LogP contribution in [0.15, 0.2) is 42.7 Å². The topological polar surface area (TPSA) is 112 Å². The van der Waals surface area contributed by atoms with Gasteiger partial charge in [0.25, 0.3) is 5.91 Å². The maximum atomic E-state index is 13.2. The second kappa shape index (κ2) is 10.9. The average molecular weight is 595 g/mol. The van der Waals surface area contributed by atoms with E-state index in [1.54, 1.807) is 4.90 Å². The molecule has 0 unspecified atom stereocenters. The van der Waals surface area contributed by atoms with Gasteiger partial charge in [0.15, 0.2) is 0 Å². The molecule has 0 radical (unpaired) electrons. The summed E-state index contributed by atoms with van der Waals surface area (Å²) in [5, 5.41) is 11.6. The van der Waals surface area contributed by atoms with Gasteiger partial charge in [0.05, 0.1) is 16.8 Å². The van der Waals surface area contributed by atoms with E-state index in [0.29, 0.717) is 50.3 Å². The van der Waals surface area contributed by atoms with Gasteiger partial charge in [-0.25, -0.2) is 19.7 Å². The van der Waals surface area contributed by atoms with E-state index in [9.17, 15) is 35.9 Å². The molecule has 1 fully saturated rings. The van der Waals surface area contributed by atoms with Crippen molar-refractivity contribution in [3.8, 4) is 0 Å². The fourth-order valence-electron chi connectivity index (χ4n) is 5.28. The monoisotopic (exact) mass is 594 g/mol. The molecule has 2 aliphatic heterocycles. The number of halogens is 6. The number of carbonyl (C=O) groups is 2. The summed E-state index contributed by atoms with van der Waals surface area (Å²) in [4.78, 5) is 40.3. The molecule has 1 amide bonds. The van der Waals surface area contributed by atoms with E-state index in [1.807, 2.05) is 6.92 Å². The molecule has 3 aromatic rings. The number of aromatic nitrogens is 3. The van der Waals surface area contributed by atoms with Crippen LogP contribution in [0, 0.1) is 0 Å². The number of carbonyl (C=O) groups excluding carboxylic acids is 1. The quantitative estimate of drug-likeness (QED) is 0.380. The SMILES string of the molecule is C[C@@H]1C[C@@H](N2Cc3cnc(Nc4cc(C(F)(F)F)cc(C(F)(F)F)c4)nc3C2)CCN1C(=O)c1ccnc(C(=O)O)c1. The predicted octanol–water partition coefficient (Wildman–Crippen LogP) is 5.36. The smallest absolute Gasteiger partial charge is 0.416 e. The molecule has 2 atom stereocenters. The van der Waals surface area contributed by atoms with Gasteiger partial charge in [-0.15, -0.1) is 0 Å². The van der Waals surface area contributed by atoms with Crippen LogP contribution in [0.3, 0.4) is 0 Å². The van der Waals surface area contributed by atoms with Crippen molar-refractivity contribution in [1.82, 2.24) is 24.8 Å². The Bertz CT molecular complexity index is 1500. The van der Waals surface area contributed by atoms with Crippen LogP contribution in [0.25, 0.3) is 0 Å². The Morgan fingerprint density at radius 2 is 1.69 bits per heavy atom. The van der Waals surface area contributed by atoms with Gasteiger partial charge < -0.3 is 15.3 Å². The lowest BCUT2D eigenvalue weighted by Crippen LogP contribution is -2.50. The summed E-state index contributed by atoms with van der Waals surface area (Å²) in [5.41, 5.74) is -1.94. The molecule has 2 N–H and O–H groups in total. The minimum Gasteiger partial charge on any atom is -0.477 e. The zero-order chi connectivity index (χ0) is 30.4. The van der Waals surface area contributed by atoms with Gasteiger partial charge >= 0.3 is 18.3 Å². The number of carboxylic acids is 1. The zero-order valence-corrected chi connectivity index (χ0v) is 22.0.